The van der Waals surface area contributed by atoms with E-state index in [1.807, 2.05) is 0 Å². The van der Waals surface area contributed by atoms with Gasteiger partial charge >= 0.3 is 0 Å². The van der Waals surface area contributed by atoms with E-state index >= 15 is 0 Å². The number of carbonyl (C=O) groups is 1. The average molecular weight is 246 g/mol. The molecule has 1 aliphatic rings. The Bertz CT molecular complexity index is 464. The molecule has 1 unspecified atom stereocenters. The summed E-state index contributed by atoms with van der Waals surface area (Å²) in [7, 11) is 0. The number of halogens is 1. The van der Waals surface area contributed by atoms with E-state index in [-0.39, 0.29) is 17.5 Å². The van der Waals surface area contributed by atoms with Crippen LogP contribution in [0.4, 0.5) is 4.39 Å². The van der Waals surface area contributed by atoms with Crippen molar-refractivity contribution in [3.63, 3.8) is 0 Å². The molecule has 1 aromatic carbocycles. The van der Waals surface area contributed by atoms with Crippen LogP contribution in [0.2, 0.25) is 0 Å². The minimum absolute atomic E-state index is 0.0276. The van der Waals surface area contributed by atoms with Crippen LogP contribution in [-0.4, -0.2) is 23.8 Å². The zero-order valence-corrected chi connectivity index (χ0v) is 10.1. The molecule has 1 heterocycles. The Kier molecular flexibility index (Phi) is 3.93. The molecule has 4 heteroatoms. The Labute approximate surface area is 106 Å². The van der Waals surface area contributed by atoms with Crippen molar-refractivity contribution in [2.75, 3.05) is 13.1 Å². The van der Waals surface area contributed by atoms with Gasteiger partial charge in [0, 0.05) is 25.1 Å². The number of ketones is 1. The highest BCUT2D eigenvalue weighted by Gasteiger charge is 2.21. The molecule has 0 amide bonds. The van der Waals surface area contributed by atoms with Gasteiger partial charge in [0.05, 0.1) is 0 Å². The molecule has 1 aromatic rings. The molecule has 1 saturated heterocycles. The Balaban J connectivity index is 1.95. The van der Waals surface area contributed by atoms with Crippen LogP contribution >= 0.6 is 0 Å². The largest absolute Gasteiger partial charge is 0.310 e. The van der Waals surface area contributed by atoms with Crippen LogP contribution in [0, 0.1) is 23.2 Å². The lowest BCUT2D eigenvalue weighted by Crippen LogP contribution is -2.32. The molecule has 0 radical (unpaired) electrons. The molecule has 0 aliphatic carbocycles. The number of likely N-dealkylation sites (tertiary alicyclic amines) is 1. The first-order valence-electron chi connectivity index (χ1n) is 6.12. The molecule has 0 saturated carbocycles. The van der Waals surface area contributed by atoms with Crippen LogP contribution < -0.4 is 0 Å². The highest BCUT2D eigenvalue weighted by atomic mass is 19.1. The van der Waals surface area contributed by atoms with Crippen LogP contribution in [0.3, 0.4) is 0 Å². The third-order valence-corrected chi connectivity index (χ3v) is 3.30. The van der Waals surface area contributed by atoms with Gasteiger partial charge in [0.1, 0.15) is 5.82 Å². The first kappa shape index (κ1) is 12.6. The standard InChI is InChI=1S/C14H15FN2O/c15-13-5-3-12(4-6-13)14(18)8-11-2-1-7-17(9-11)10-16/h3-6,11H,1-2,7-9H2. The van der Waals surface area contributed by atoms with E-state index in [0.29, 0.717) is 18.5 Å². The summed E-state index contributed by atoms with van der Waals surface area (Å²) in [5.74, 6) is -0.0735. The molecule has 1 fully saturated rings. The zero-order chi connectivity index (χ0) is 13.0. The van der Waals surface area contributed by atoms with Crippen molar-refractivity contribution in [3.05, 3.63) is 35.6 Å². The molecule has 0 spiro atoms. The first-order valence-corrected chi connectivity index (χ1v) is 6.12. The summed E-state index contributed by atoms with van der Waals surface area (Å²) in [4.78, 5) is 13.7. The van der Waals surface area contributed by atoms with Crippen molar-refractivity contribution in [2.45, 2.75) is 19.3 Å². The predicted octanol–water partition coefficient (Wildman–Crippen LogP) is 2.59. The Hall–Kier alpha value is -1.89. The van der Waals surface area contributed by atoms with Crippen molar-refractivity contribution < 1.29 is 9.18 Å². The van der Waals surface area contributed by atoms with Crippen LogP contribution in [0.25, 0.3) is 0 Å². The maximum atomic E-state index is 12.8. The highest BCUT2D eigenvalue weighted by Crippen LogP contribution is 2.21. The van der Waals surface area contributed by atoms with E-state index < -0.39 is 0 Å². The number of piperidine rings is 1. The van der Waals surface area contributed by atoms with Crippen molar-refractivity contribution in [1.82, 2.24) is 4.90 Å². The van der Waals surface area contributed by atoms with Crippen molar-refractivity contribution in [1.29, 1.82) is 5.26 Å². The van der Waals surface area contributed by atoms with Gasteiger partial charge < -0.3 is 4.90 Å². The molecule has 0 N–H and O–H groups in total. The van der Waals surface area contributed by atoms with Crippen LogP contribution in [0.5, 0.6) is 0 Å². The van der Waals surface area contributed by atoms with Crippen LogP contribution in [0.1, 0.15) is 29.6 Å². The van der Waals surface area contributed by atoms with Crippen molar-refractivity contribution in [2.24, 2.45) is 5.92 Å². The van der Waals surface area contributed by atoms with E-state index in [9.17, 15) is 9.18 Å². The van der Waals surface area contributed by atoms with Crippen LogP contribution in [0.15, 0.2) is 24.3 Å². The fraction of sp³-hybridized carbons (Fsp3) is 0.429. The monoisotopic (exact) mass is 246 g/mol. The summed E-state index contributed by atoms with van der Waals surface area (Å²) in [5.41, 5.74) is 0.547. The van der Waals surface area contributed by atoms with Crippen LogP contribution in [-0.2, 0) is 0 Å². The van der Waals surface area contributed by atoms with Crippen molar-refractivity contribution >= 4 is 5.78 Å². The fourth-order valence-corrected chi connectivity index (χ4v) is 2.34. The fourth-order valence-electron chi connectivity index (χ4n) is 2.34. The van der Waals surface area contributed by atoms with E-state index in [2.05, 4.69) is 6.19 Å². The van der Waals surface area contributed by atoms with E-state index in [0.717, 1.165) is 19.4 Å². The molecule has 0 aromatic heterocycles. The van der Waals surface area contributed by atoms with Gasteiger partial charge in [0.2, 0.25) is 0 Å². The van der Waals surface area contributed by atoms with Gasteiger partial charge in [-0.05, 0) is 43.0 Å². The molecular formula is C14H15FN2O. The molecule has 0 bridgehead atoms. The highest BCUT2D eigenvalue weighted by molar-refractivity contribution is 5.96. The SMILES string of the molecule is N#CN1CCCC(CC(=O)c2ccc(F)cc2)C1. The number of hydrogen-bond donors (Lipinski definition) is 0. The molecule has 2 rings (SSSR count). The van der Waals surface area contributed by atoms with E-state index in [1.165, 1.54) is 24.3 Å². The van der Waals surface area contributed by atoms with Gasteiger partial charge in [-0.1, -0.05) is 0 Å². The van der Waals surface area contributed by atoms with E-state index in [1.54, 1.807) is 4.90 Å². The summed E-state index contributed by atoms with van der Waals surface area (Å²) in [5, 5.41) is 8.84. The van der Waals surface area contributed by atoms with Gasteiger partial charge in [0.15, 0.2) is 12.0 Å². The second-order valence-electron chi connectivity index (χ2n) is 4.69. The molecule has 1 aliphatic heterocycles. The summed E-state index contributed by atoms with van der Waals surface area (Å²) < 4.78 is 12.8. The number of carbonyl (C=O) groups excluding carboxylic acids is 1. The Morgan fingerprint density at radius 2 is 2.17 bits per heavy atom. The second kappa shape index (κ2) is 5.63. The summed E-state index contributed by atoms with van der Waals surface area (Å²) in [6.45, 7) is 1.45. The number of rotatable bonds is 3. The molecule has 94 valence electrons. The average Bonchev–Trinajstić information content (AvgIpc) is 2.39. The second-order valence-corrected chi connectivity index (χ2v) is 4.69. The predicted molar refractivity (Wildman–Crippen MR) is 65.3 cm³/mol. The summed E-state index contributed by atoms with van der Waals surface area (Å²) in [6, 6.07) is 5.64. The number of hydrogen-bond acceptors (Lipinski definition) is 3. The maximum absolute atomic E-state index is 12.8. The summed E-state index contributed by atoms with van der Waals surface area (Å²) >= 11 is 0. The lowest BCUT2D eigenvalue weighted by Gasteiger charge is -2.28. The number of nitriles is 1. The lowest BCUT2D eigenvalue weighted by atomic mass is 9.91. The normalized spacial score (nSPS) is 19.3. The number of nitrogens with zero attached hydrogens (tertiary/aromatic N) is 2. The van der Waals surface area contributed by atoms with Gasteiger partial charge in [-0.25, -0.2) is 4.39 Å². The topological polar surface area (TPSA) is 44.1 Å². The zero-order valence-electron chi connectivity index (χ0n) is 10.1. The molecule has 18 heavy (non-hydrogen) atoms. The van der Waals surface area contributed by atoms with Crippen molar-refractivity contribution in [3.8, 4) is 6.19 Å². The Morgan fingerprint density at radius 1 is 1.44 bits per heavy atom. The quantitative estimate of drug-likeness (QED) is 0.608. The number of benzene rings is 1. The Morgan fingerprint density at radius 3 is 2.83 bits per heavy atom. The maximum Gasteiger partial charge on any atom is 0.179 e. The third-order valence-electron chi connectivity index (χ3n) is 3.30. The minimum Gasteiger partial charge on any atom is -0.310 e. The van der Waals surface area contributed by atoms with Gasteiger partial charge in [0.25, 0.3) is 0 Å². The summed E-state index contributed by atoms with van der Waals surface area (Å²) in [6.07, 6.45) is 4.49. The minimum atomic E-state index is -0.333. The smallest absolute Gasteiger partial charge is 0.179 e. The first-order chi connectivity index (χ1) is 8.69. The lowest BCUT2D eigenvalue weighted by molar-refractivity contribution is 0.0938. The number of Topliss-reactive ketones (excluding diaryl/α,β-unsaturated/α-hetero) is 1. The molecular weight excluding hydrogens is 231 g/mol. The van der Waals surface area contributed by atoms with Gasteiger partial charge in [-0.2, -0.15) is 5.26 Å². The molecule has 1 atom stereocenters. The molecule has 3 nitrogen and oxygen atoms in total. The van der Waals surface area contributed by atoms with Gasteiger partial charge in [-0.3, -0.25) is 4.79 Å². The van der Waals surface area contributed by atoms with Gasteiger partial charge in [-0.15, -0.1) is 0 Å². The third kappa shape index (κ3) is 3.07. The van der Waals surface area contributed by atoms with E-state index in [4.69, 9.17) is 5.26 Å².